The first kappa shape index (κ1) is 13.6. The molecular weight excluding hydrogens is 270 g/mol. The van der Waals surface area contributed by atoms with E-state index in [1.54, 1.807) is 0 Å². The van der Waals surface area contributed by atoms with Crippen molar-refractivity contribution in [2.24, 2.45) is 5.73 Å². The van der Waals surface area contributed by atoms with Crippen LogP contribution in [-0.4, -0.2) is 37.5 Å². The molecule has 2 amide bonds. The number of hydrogen-bond acceptors (Lipinski definition) is 5. The van der Waals surface area contributed by atoms with Crippen LogP contribution in [0.2, 0.25) is 5.28 Å². The zero-order chi connectivity index (χ0) is 12.9. The lowest BCUT2D eigenvalue weighted by atomic mass is 10.6. The largest absolute Gasteiger partial charge is 0.352 e. The van der Waals surface area contributed by atoms with E-state index in [2.05, 4.69) is 20.0 Å². The van der Waals surface area contributed by atoms with Crippen molar-refractivity contribution in [1.82, 2.24) is 20.0 Å². The third kappa shape index (κ3) is 4.51. The summed E-state index contributed by atoms with van der Waals surface area (Å²) in [5, 5.41) is 2.20. The van der Waals surface area contributed by atoms with Crippen molar-refractivity contribution in [3.05, 3.63) is 17.7 Å². The Balaban J connectivity index is 2.57. The Labute approximate surface area is 103 Å². The molecule has 0 saturated heterocycles. The van der Waals surface area contributed by atoms with E-state index in [1.165, 1.54) is 0 Å². The summed E-state index contributed by atoms with van der Waals surface area (Å²) in [7, 11) is -3.70. The quantitative estimate of drug-likeness (QED) is 0.474. The van der Waals surface area contributed by atoms with E-state index < -0.39 is 16.1 Å². The van der Waals surface area contributed by atoms with Crippen LogP contribution in [0.1, 0.15) is 0 Å². The van der Waals surface area contributed by atoms with Crippen LogP contribution < -0.4 is 15.8 Å². The van der Waals surface area contributed by atoms with Crippen LogP contribution in [0.3, 0.4) is 0 Å². The number of primary amides is 1. The predicted octanol–water partition coefficient (Wildman–Crippen LogP) is -0.923. The summed E-state index contributed by atoms with van der Waals surface area (Å²) in [6.07, 6.45) is 2.17. The maximum atomic E-state index is 11.6. The highest BCUT2D eigenvalue weighted by Crippen LogP contribution is 2.06. The third-order valence-electron chi connectivity index (χ3n) is 1.62. The molecule has 17 heavy (non-hydrogen) atoms. The Kier molecular flexibility index (Phi) is 4.61. The number of sulfonamides is 1. The van der Waals surface area contributed by atoms with E-state index in [9.17, 15) is 13.2 Å². The molecule has 0 aliphatic heterocycles. The zero-order valence-electron chi connectivity index (χ0n) is 8.55. The number of carbonyl (C=O) groups is 1. The number of aromatic nitrogens is 2. The van der Waals surface area contributed by atoms with Gasteiger partial charge in [-0.05, 0) is 11.6 Å². The minimum Gasteiger partial charge on any atom is -0.352 e. The summed E-state index contributed by atoms with van der Waals surface area (Å²) in [4.78, 5) is 17.3. The molecule has 0 spiro atoms. The van der Waals surface area contributed by atoms with Crippen LogP contribution in [0.4, 0.5) is 4.79 Å². The van der Waals surface area contributed by atoms with Crippen molar-refractivity contribution in [2.75, 3.05) is 13.1 Å². The lowest BCUT2D eigenvalue weighted by molar-refractivity contribution is 0.249. The Morgan fingerprint density at radius 3 is 2.47 bits per heavy atom. The number of urea groups is 1. The van der Waals surface area contributed by atoms with Crippen LogP contribution in [0.5, 0.6) is 0 Å². The number of nitrogens with two attached hydrogens (primary N) is 1. The van der Waals surface area contributed by atoms with Gasteiger partial charge in [-0.2, -0.15) is 0 Å². The van der Waals surface area contributed by atoms with Gasteiger partial charge in [0.05, 0.1) is 12.4 Å². The Morgan fingerprint density at radius 1 is 1.35 bits per heavy atom. The maximum Gasteiger partial charge on any atom is 0.312 e. The number of nitrogens with one attached hydrogen (secondary N) is 2. The van der Waals surface area contributed by atoms with Crippen molar-refractivity contribution in [1.29, 1.82) is 0 Å². The fraction of sp³-hybridized carbons (Fsp3) is 0.286. The van der Waals surface area contributed by atoms with Crippen molar-refractivity contribution in [3.63, 3.8) is 0 Å². The molecule has 10 heteroatoms. The molecular formula is C7H10ClN5O3S. The molecule has 0 aliphatic carbocycles. The first-order valence-corrected chi connectivity index (χ1v) is 6.28. The molecule has 1 heterocycles. The lowest BCUT2D eigenvalue weighted by Crippen LogP contribution is -2.37. The summed E-state index contributed by atoms with van der Waals surface area (Å²) >= 11 is 5.42. The van der Waals surface area contributed by atoms with E-state index >= 15 is 0 Å². The van der Waals surface area contributed by atoms with E-state index in [0.717, 1.165) is 12.4 Å². The number of carbonyl (C=O) groups excluding carboxylic acids is 1. The van der Waals surface area contributed by atoms with Gasteiger partial charge in [0.2, 0.25) is 15.3 Å². The van der Waals surface area contributed by atoms with Gasteiger partial charge < -0.3 is 11.1 Å². The normalized spacial score (nSPS) is 11.1. The fourth-order valence-corrected chi connectivity index (χ4v) is 1.91. The van der Waals surface area contributed by atoms with Gasteiger partial charge in [-0.15, -0.1) is 0 Å². The first-order valence-electron chi connectivity index (χ1n) is 4.42. The van der Waals surface area contributed by atoms with Crippen LogP contribution in [0.25, 0.3) is 0 Å². The van der Waals surface area contributed by atoms with Gasteiger partial charge in [0.1, 0.15) is 4.90 Å². The second-order valence-electron chi connectivity index (χ2n) is 2.88. The third-order valence-corrected chi connectivity index (χ3v) is 3.23. The summed E-state index contributed by atoms with van der Waals surface area (Å²) in [6, 6.07) is -0.723. The average molecular weight is 280 g/mol. The number of halogens is 1. The molecule has 0 atom stereocenters. The Bertz CT molecular complexity index is 489. The van der Waals surface area contributed by atoms with Crippen molar-refractivity contribution >= 4 is 27.7 Å². The van der Waals surface area contributed by atoms with E-state index in [0.29, 0.717) is 0 Å². The van der Waals surface area contributed by atoms with Crippen molar-refractivity contribution < 1.29 is 13.2 Å². The molecule has 1 rings (SSSR count). The van der Waals surface area contributed by atoms with Gasteiger partial charge in [-0.3, -0.25) is 0 Å². The molecule has 0 unspecified atom stereocenters. The second kappa shape index (κ2) is 5.75. The van der Waals surface area contributed by atoms with Gasteiger partial charge in [-0.25, -0.2) is 27.9 Å². The fourth-order valence-electron chi connectivity index (χ4n) is 0.894. The lowest BCUT2D eigenvalue weighted by Gasteiger charge is -2.06. The highest BCUT2D eigenvalue weighted by atomic mass is 35.5. The standard InChI is InChI=1S/C7H10ClN5O3S/c8-6-11-3-5(4-12-6)17(15,16)13-2-1-10-7(9)14/h3-4,13H,1-2H2,(H3,9,10,14). The number of nitrogens with zero attached hydrogens (tertiary/aromatic N) is 2. The number of hydrogen-bond donors (Lipinski definition) is 3. The van der Waals surface area contributed by atoms with Gasteiger partial charge in [-0.1, -0.05) is 0 Å². The topological polar surface area (TPSA) is 127 Å². The molecule has 0 saturated carbocycles. The SMILES string of the molecule is NC(=O)NCCNS(=O)(=O)c1cnc(Cl)nc1. The number of amides is 2. The van der Waals surface area contributed by atoms with E-state index in [1.807, 2.05) is 0 Å². The highest BCUT2D eigenvalue weighted by Gasteiger charge is 2.14. The monoisotopic (exact) mass is 279 g/mol. The van der Waals surface area contributed by atoms with Gasteiger partial charge in [0, 0.05) is 13.1 Å². The molecule has 94 valence electrons. The first-order chi connectivity index (χ1) is 7.92. The maximum absolute atomic E-state index is 11.6. The Morgan fingerprint density at radius 2 is 1.94 bits per heavy atom. The molecule has 1 aromatic rings. The van der Waals surface area contributed by atoms with Crippen LogP contribution >= 0.6 is 11.6 Å². The summed E-state index contributed by atoms with van der Waals surface area (Å²) in [5.41, 5.74) is 4.81. The minimum atomic E-state index is -3.70. The van der Waals surface area contributed by atoms with Crippen molar-refractivity contribution in [2.45, 2.75) is 4.90 Å². The molecule has 0 aliphatic rings. The molecule has 0 bridgehead atoms. The number of rotatable bonds is 5. The minimum absolute atomic E-state index is 0.00784. The predicted molar refractivity (Wildman–Crippen MR) is 59.8 cm³/mol. The van der Waals surface area contributed by atoms with Gasteiger partial charge >= 0.3 is 6.03 Å². The molecule has 4 N–H and O–H groups in total. The summed E-state index contributed by atoms with van der Waals surface area (Å²) in [5.74, 6) is 0. The van der Waals surface area contributed by atoms with Crippen LogP contribution in [0.15, 0.2) is 17.3 Å². The molecule has 1 aromatic heterocycles. The molecule has 0 aromatic carbocycles. The summed E-state index contributed by atoms with van der Waals surface area (Å²) < 4.78 is 25.4. The Hall–Kier alpha value is -1.45. The smallest absolute Gasteiger partial charge is 0.312 e. The second-order valence-corrected chi connectivity index (χ2v) is 4.98. The highest BCUT2D eigenvalue weighted by molar-refractivity contribution is 7.89. The molecule has 0 radical (unpaired) electrons. The summed E-state index contributed by atoms with van der Waals surface area (Å²) in [6.45, 7) is 0.0942. The van der Waals surface area contributed by atoms with E-state index in [4.69, 9.17) is 17.3 Å². The molecule has 8 nitrogen and oxygen atoms in total. The van der Waals surface area contributed by atoms with Gasteiger partial charge in [0.15, 0.2) is 0 Å². The van der Waals surface area contributed by atoms with Crippen LogP contribution in [0, 0.1) is 0 Å². The van der Waals surface area contributed by atoms with Crippen LogP contribution in [-0.2, 0) is 10.0 Å². The molecule has 0 fully saturated rings. The van der Waals surface area contributed by atoms with Crippen molar-refractivity contribution in [3.8, 4) is 0 Å². The zero-order valence-corrected chi connectivity index (χ0v) is 10.1. The average Bonchev–Trinajstić information content (AvgIpc) is 2.25. The van der Waals surface area contributed by atoms with Gasteiger partial charge in [0.25, 0.3) is 0 Å². The van der Waals surface area contributed by atoms with E-state index in [-0.39, 0.29) is 23.3 Å².